The molecule has 0 aromatic carbocycles. The molecule has 6 heteroatoms. The minimum atomic E-state index is -0.550. The van der Waals surface area contributed by atoms with E-state index in [1.54, 1.807) is 0 Å². The van der Waals surface area contributed by atoms with Gasteiger partial charge in [-0.05, 0) is 19.3 Å². The van der Waals surface area contributed by atoms with Crippen LogP contribution in [0.5, 0.6) is 5.75 Å². The molecule has 3 heterocycles. The minimum absolute atomic E-state index is 0.0123. The molecule has 2 atom stereocenters. The number of hydrogen-bond donors (Lipinski definition) is 1. The summed E-state index contributed by atoms with van der Waals surface area (Å²) < 4.78 is 7.21. The molecular weight excluding hydrogens is 236 g/mol. The van der Waals surface area contributed by atoms with E-state index in [-0.39, 0.29) is 17.9 Å². The van der Waals surface area contributed by atoms with Crippen molar-refractivity contribution in [1.82, 2.24) is 9.55 Å². The zero-order valence-electron chi connectivity index (χ0n) is 10.0. The zero-order valence-corrected chi connectivity index (χ0v) is 10.0. The molecule has 3 rings (SSSR count). The van der Waals surface area contributed by atoms with Gasteiger partial charge in [0.05, 0.1) is 12.6 Å². The van der Waals surface area contributed by atoms with Gasteiger partial charge in [-0.25, -0.2) is 4.98 Å². The highest BCUT2D eigenvalue weighted by atomic mass is 16.5. The molecule has 1 saturated heterocycles. The van der Waals surface area contributed by atoms with Gasteiger partial charge in [-0.2, -0.15) is 0 Å². The first-order valence-electron chi connectivity index (χ1n) is 6.08. The van der Waals surface area contributed by atoms with E-state index in [2.05, 4.69) is 4.98 Å². The van der Waals surface area contributed by atoms with Gasteiger partial charge in [0, 0.05) is 6.92 Å². The molecule has 2 bridgehead atoms. The summed E-state index contributed by atoms with van der Waals surface area (Å²) in [5, 5.41) is 9.73. The van der Waals surface area contributed by atoms with Crippen molar-refractivity contribution in [3.05, 3.63) is 21.9 Å². The van der Waals surface area contributed by atoms with Gasteiger partial charge >= 0.3 is 0 Å². The first-order valence-corrected chi connectivity index (χ1v) is 6.08. The van der Waals surface area contributed by atoms with E-state index in [4.69, 9.17) is 4.74 Å². The molecule has 0 unspecified atom stereocenters. The number of nitrogens with zero attached hydrogens (tertiary/aromatic N) is 2. The number of ether oxygens (including phenoxy) is 1. The fraction of sp³-hybridized carbons (Fsp3) is 0.583. The number of fused-ring (bicyclic) bond motifs is 4. The lowest BCUT2D eigenvalue weighted by Gasteiger charge is -2.36. The van der Waals surface area contributed by atoms with E-state index in [9.17, 15) is 14.7 Å². The fourth-order valence-electron chi connectivity index (χ4n) is 2.66. The summed E-state index contributed by atoms with van der Waals surface area (Å²) in [6.45, 7) is 1.69. The van der Waals surface area contributed by atoms with E-state index >= 15 is 0 Å². The average molecular weight is 250 g/mol. The topological polar surface area (TPSA) is 81.4 Å². The van der Waals surface area contributed by atoms with Gasteiger partial charge in [0.15, 0.2) is 11.5 Å². The second kappa shape index (κ2) is 3.91. The lowest BCUT2D eigenvalue weighted by atomic mass is 10.00. The van der Waals surface area contributed by atoms with Crippen LogP contribution in [0.3, 0.4) is 0 Å². The Balaban J connectivity index is 2.21. The van der Waals surface area contributed by atoms with Gasteiger partial charge in [-0.3, -0.25) is 14.2 Å². The first-order chi connectivity index (χ1) is 8.58. The highest BCUT2D eigenvalue weighted by molar-refractivity contribution is 5.94. The number of Topliss-reactive ketones (excluding diaryl/α,β-unsaturated/α-hetero) is 1. The van der Waals surface area contributed by atoms with E-state index in [1.807, 2.05) is 0 Å². The van der Waals surface area contributed by atoms with Crippen LogP contribution >= 0.6 is 0 Å². The maximum Gasteiger partial charge on any atom is 0.296 e. The number of aromatic nitrogens is 2. The van der Waals surface area contributed by atoms with Crippen molar-refractivity contribution in [1.29, 1.82) is 0 Å². The maximum atomic E-state index is 12.0. The first kappa shape index (κ1) is 11.4. The number of aromatic hydroxyl groups is 1. The molecule has 18 heavy (non-hydrogen) atoms. The summed E-state index contributed by atoms with van der Waals surface area (Å²) in [6, 6.07) is 0. The molecule has 2 aliphatic rings. The third kappa shape index (κ3) is 1.56. The molecule has 1 N–H and O–H groups in total. The predicted molar refractivity (Wildman–Crippen MR) is 61.6 cm³/mol. The molecule has 1 aromatic rings. The normalized spacial score (nSPS) is 25.6. The molecule has 0 spiro atoms. The number of rotatable bonds is 1. The van der Waals surface area contributed by atoms with Crippen molar-refractivity contribution in [2.45, 2.75) is 44.9 Å². The van der Waals surface area contributed by atoms with Gasteiger partial charge in [0.1, 0.15) is 11.9 Å². The van der Waals surface area contributed by atoms with Crippen LogP contribution in [0.1, 0.15) is 48.6 Å². The number of carbonyl (C=O) groups excluding carboxylic acids is 1. The lowest BCUT2D eigenvalue weighted by Crippen LogP contribution is -2.41. The quantitative estimate of drug-likeness (QED) is 0.745. The Morgan fingerprint density at radius 3 is 3.00 bits per heavy atom. The van der Waals surface area contributed by atoms with E-state index in [0.717, 1.165) is 19.3 Å². The standard InChI is InChI=1S/C12H14N2O4/c1-6(15)9-10(16)12(17)14-5-7-3-2-4-8(18-7)11(14)13-9/h7-8,16H,2-5H2,1H3/t7-,8+/m0/s1. The van der Waals surface area contributed by atoms with Crippen LogP contribution in [0.4, 0.5) is 0 Å². The Kier molecular flexibility index (Phi) is 2.48. The van der Waals surface area contributed by atoms with Crippen molar-refractivity contribution < 1.29 is 14.6 Å². The van der Waals surface area contributed by atoms with Crippen molar-refractivity contribution in [3.63, 3.8) is 0 Å². The van der Waals surface area contributed by atoms with Crippen molar-refractivity contribution in [2.75, 3.05) is 0 Å². The minimum Gasteiger partial charge on any atom is -0.501 e. The van der Waals surface area contributed by atoms with Crippen molar-refractivity contribution in [3.8, 4) is 5.75 Å². The van der Waals surface area contributed by atoms with Crippen LogP contribution in [-0.2, 0) is 11.3 Å². The zero-order chi connectivity index (χ0) is 12.9. The predicted octanol–water partition coefficient (Wildman–Crippen LogP) is 0.775. The van der Waals surface area contributed by atoms with Crippen LogP contribution in [-0.4, -0.2) is 26.5 Å². The molecule has 2 aliphatic heterocycles. The highest BCUT2D eigenvalue weighted by Gasteiger charge is 2.34. The summed E-state index contributed by atoms with van der Waals surface area (Å²) in [7, 11) is 0. The SMILES string of the molecule is CC(=O)c1nc2n(c(=O)c1O)C[C@@H]1CCC[C@H]2O1. The van der Waals surface area contributed by atoms with Gasteiger partial charge in [-0.1, -0.05) is 0 Å². The molecular formula is C12H14N2O4. The monoisotopic (exact) mass is 250 g/mol. The number of hydrogen-bond acceptors (Lipinski definition) is 5. The lowest BCUT2D eigenvalue weighted by molar-refractivity contribution is -0.0860. The van der Waals surface area contributed by atoms with Crippen LogP contribution < -0.4 is 5.56 Å². The summed E-state index contributed by atoms with van der Waals surface area (Å²) >= 11 is 0. The number of ketones is 1. The Hall–Kier alpha value is -1.69. The number of carbonyl (C=O) groups is 1. The Morgan fingerprint density at radius 1 is 1.50 bits per heavy atom. The second-order valence-corrected chi connectivity index (χ2v) is 4.82. The summed E-state index contributed by atoms with van der Waals surface area (Å²) in [5.41, 5.74) is -0.690. The molecule has 96 valence electrons. The third-order valence-electron chi connectivity index (χ3n) is 3.53. The molecule has 1 aromatic heterocycles. The van der Waals surface area contributed by atoms with Gasteiger partial charge < -0.3 is 9.84 Å². The Bertz CT molecular complexity index is 578. The molecule has 0 amide bonds. The van der Waals surface area contributed by atoms with Crippen molar-refractivity contribution in [2.24, 2.45) is 0 Å². The molecule has 1 fully saturated rings. The van der Waals surface area contributed by atoms with Crippen molar-refractivity contribution >= 4 is 5.78 Å². The van der Waals surface area contributed by atoms with Crippen LogP contribution in [0.2, 0.25) is 0 Å². The van der Waals surface area contributed by atoms with E-state index in [1.165, 1.54) is 11.5 Å². The summed E-state index contributed by atoms with van der Waals surface area (Å²) in [6.07, 6.45) is 2.52. The molecule has 0 saturated carbocycles. The summed E-state index contributed by atoms with van der Waals surface area (Å²) in [4.78, 5) is 27.5. The van der Waals surface area contributed by atoms with Gasteiger partial charge in [-0.15, -0.1) is 0 Å². The molecule has 0 aliphatic carbocycles. The second-order valence-electron chi connectivity index (χ2n) is 4.82. The van der Waals surface area contributed by atoms with E-state index < -0.39 is 17.1 Å². The maximum absolute atomic E-state index is 12.0. The molecule has 0 radical (unpaired) electrons. The Morgan fingerprint density at radius 2 is 2.28 bits per heavy atom. The highest BCUT2D eigenvalue weighted by Crippen LogP contribution is 2.34. The van der Waals surface area contributed by atoms with Crippen LogP contribution in [0.15, 0.2) is 4.79 Å². The van der Waals surface area contributed by atoms with Gasteiger partial charge in [0.2, 0.25) is 5.75 Å². The smallest absolute Gasteiger partial charge is 0.296 e. The largest absolute Gasteiger partial charge is 0.501 e. The Labute approximate surface area is 103 Å². The third-order valence-corrected chi connectivity index (χ3v) is 3.53. The van der Waals surface area contributed by atoms with E-state index in [0.29, 0.717) is 12.4 Å². The average Bonchev–Trinajstić information content (AvgIpc) is 2.34. The van der Waals surface area contributed by atoms with Crippen LogP contribution in [0.25, 0.3) is 0 Å². The van der Waals surface area contributed by atoms with Gasteiger partial charge in [0.25, 0.3) is 5.56 Å². The van der Waals surface area contributed by atoms with Crippen LogP contribution in [0, 0.1) is 0 Å². The molecule has 6 nitrogen and oxygen atoms in total. The fourth-order valence-corrected chi connectivity index (χ4v) is 2.66. The summed E-state index contributed by atoms with van der Waals surface area (Å²) in [5.74, 6) is -0.490.